The van der Waals surface area contributed by atoms with Crippen LogP contribution in [-0.4, -0.2) is 42.0 Å². The van der Waals surface area contributed by atoms with Crippen molar-refractivity contribution < 1.29 is 4.79 Å². The lowest BCUT2D eigenvalue weighted by molar-refractivity contribution is 0.0482. The van der Waals surface area contributed by atoms with Crippen LogP contribution in [0.5, 0.6) is 0 Å². The quantitative estimate of drug-likeness (QED) is 0.769. The van der Waals surface area contributed by atoms with Gasteiger partial charge >= 0.3 is 0 Å². The fourth-order valence-corrected chi connectivity index (χ4v) is 3.44. The number of amides is 1. The molecule has 2 aromatic heterocycles. The molecule has 1 N–H and O–H groups in total. The molecule has 0 bridgehead atoms. The molecule has 1 amide bonds. The largest absolute Gasteiger partial charge is 0.328 e. The Balaban J connectivity index is 1.63. The van der Waals surface area contributed by atoms with Gasteiger partial charge in [0.15, 0.2) is 0 Å². The zero-order chi connectivity index (χ0) is 18.3. The Hall–Kier alpha value is -3.09. The molecule has 0 fully saturated rings. The molecule has 1 aliphatic heterocycles. The van der Waals surface area contributed by atoms with E-state index >= 15 is 0 Å². The molecule has 7 nitrogen and oxygen atoms in total. The number of benzene rings is 1. The van der Waals surface area contributed by atoms with E-state index in [4.69, 9.17) is 0 Å². The molecule has 132 valence electrons. The Morgan fingerprint density at radius 3 is 2.73 bits per heavy atom. The number of carbonyl (C=O) groups excluding carboxylic acids is 1. The SMILES string of the molecule is Cc1ccc2c(c1)CN(C(=O)c1ccc(-c3nn[nH]n3)cn1)C(C)(C)C2. The predicted molar refractivity (Wildman–Crippen MR) is 96.2 cm³/mol. The first-order valence-electron chi connectivity index (χ1n) is 8.54. The van der Waals surface area contributed by atoms with E-state index in [-0.39, 0.29) is 11.4 Å². The van der Waals surface area contributed by atoms with Gasteiger partial charge in [0, 0.05) is 23.8 Å². The third kappa shape index (κ3) is 2.85. The summed E-state index contributed by atoms with van der Waals surface area (Å²) in [6.45, 7) is 6.87. The van der Waals surface area contributed by atoms with Gasteiger partial charge in [0.25, 0.3) is 5.91 Å². The van der Waals surface area contributed by atoms with Crippen molar-refractivity contribution in [3.8, 4) is 11.4 Å². The Morgan fingerprint density at radius 2 is 2.04 bits per heavy atom. The van der Waals surface area contributed by atoms with Crippen LogP contribution in [0.3, 0.4) is 0 Å². The van der Waals surface area contributed by atoms with Gasteiger partial charge in [0.2, 0.25) is 5.82 Å². The van der Waals surface area contributed by atoms with Crippen LogP contribution in [0.1, 0.15) is 41.0 Å². The third-order valence-electron chi connectivity index (χ3n) is 4.88. The lowest BCUT2D eigenvalue weighted by atomic mass is 9.84. The maximum atomic E-state index is 13.1. The summed E-state index contributed by atoms with van der Waals surface area (Å²) in [5.41, 5.74) is 4.59. The van der Waals surface area contributed by atoms with Crippen LogP contribution in [0, 0.1) is 6.92 Å². The van der Waals surface area contributed by atoms with E-state index in [9.17, 15) is 4.79 Å². The van der Waals surface area contributed by atoms with Crippen LogP contribution in [0.25, 0.3) is 11.4 Å². The van der Waals surface area contributed by atoms with E-state index in [1.165, 1.54) is 16.7 Å². The molecule has 0 atom stereocenters. The van der Waals surface area contributed by atoms with Crippen molar-refractivity contribution >= 4 is 5.91 Å². The lowest BCUT2D eigenvalue weighted by Gasteiger charge is -2.43. The van der Waals surface area contributed by atoms with Gasteiger partial charge in [0.1, 0.15) is 5.69 Å². The van der Waals surface area contributed by atoms with Gasteiger partial charge in [0.05, 0.1) is 0 Å². The fraction of sp³-hybridized carbons (Fsp3) is 0.316. The fourth-order valence-electron chi connectivity index (χ4n) is 3.44. The summed E-state index contributed by atoms with van der Waals surface area (Å²) in [6, 6.07) is 9.98. The molecule has 0 unspecified atom stereocenters. The van der Waals surface area contributed by atoms with E-state index in [0.717, 1.165) is 6.42 Å². The van der Waals surface area contributed by atoms with Crippen LogP contribution in [0.2, 0.25) is 0 Å². The van der Waals surface area contributed by atoms with Crippen molar-refractivity contribution in [1.82, 2.24) is 30.5 Å². The molecule has 1 aromatic carbocycles. The number of nitrogens with one attached hydrogen (secondary N) is 1. The number of hydrogen-bond acceptors (Lipinski definition) is 5. The van der Waals surface area contributed by atoms with Crippen molar-refractivity contribution in [2.24, 2.45) is 0 Å². The van der Waals surface area contributed by atoms with Gasteiger partial charge < -0.3 is 4.90 Å². The summed E-state index contributed by atoms with van der Waals surface area (Å²) >= 11 is 0. The van der Waals surface area contributed by atoms with Crippen molar-refractivity contribution in [1.29, 1.82) is 0 Å². The van der Waals surface area contributed by atoms with E-state index in [2.05, 4.69) is 64.6 Å². The molecule has 0 saturated heterocycles. The highest BCUT2D eigenvalue weighted by Crippen LogP contribution is 2.32. The summed E-state index contributed by atoms with van der Waals surface area (Å²) in [6.07, 6.45) is 2.43. The number of carbonyl (C=O) groups is 1. The number of fused-ring (bicyclic) bond motifs is 1. The van der Waals surface area contributed by atoms with Gasteiger partial charge in [-0.15, -0.1) is 10.2 Å². The number of aromatic amines is 1. The van der Waals surface area contributed by atoms with E-state index in [0.29, 0.717) is 23.6 Å². The average molecular weight is 348 g/mol. The van der Waals surface area contributed by atoms with Gasteiger partial charge in [-0.25, -0.2) is 0 Å². The second-order valence-corrected chi connectivity index (χ2v) is 7.32. The number of pyridine rings is 1. The van der Waals surface area contributed by atoms with E-state index in [1.54, 1.807) is 18.3 Å². The molecule has 7 heteroatoms. The Bertz CT molecular complexity index is 947. The lowest BCUT2D eigenvalue weighted by Crippen LogP contribution is -2.51. The van der Waals surface area contributed by atoms with Crippen LogP contribution in [-0.2, 0) is 13.0 Å². The van der Waals surface area contributed by atoms with Crippen LogP contribution in [0.15, 0.2) is 36.5 Å². The third-order valence-corrected chi connectivity index (χ3v) is 4.88. The molecule has 26 heavy (non-hydrogen) atoms. The second-order valence-electron chi connectivity index (χ2n) is 7.32. The number of hydrogen-bond donors (Lipinski definition) is 1. The smallest absolute Gasteiger partial charge is 0.273 e. The standard InChI is InChI=1S/C19H20N6O/c1-12-4-5-13-9-19(2,3)25(11-15(13)8-12)18(26)16-7-6-14(10-20-16)17-21-23-24-22-17/h4-8,10H,9,11H2,1-3H3,(H,21,22,23,24). The summed E-state index contributed by atoms with van der Waals surface area (Å²) < 4.78 is 0. The minimum atomic E-state index is -0.270. The first-order chi connectivity index (χ1) is 12.4. The van der Waals surface area contributed by atoms with E-state index in [1.807, 2.05) is 4.90 Å². The molecular weight excluding hydrogens is 328 g/mol. The Kier molecular flexibility index (Phi) is 3.79. The van der Waals surface area contributed by atoms with Crippen molar-refractivity contribution in [3.05, 3.63) is 58.9 Å². The van der Waals surface area contributed by atoms with Gasteiger partial charge in [-0.2, -0.15) is 5.21 Å². The maximum absolute atomic E-state index is 13.1. The predicted octanol–water partition coefficient (Wildman–Crippen LogP) is 2.55. The van der Waals surface area contributed by atoms with Crippen molar-refractivity contribution in [2.45, 2.75) is 39.3 Å². The van der Waals surface area contributed by atoms with E-state index < -0.39 is 0 Å². The highest BCUT2D eigenvalue weighted by molar-refractivity contribution is 5.93. The summed E-state index contributed by atoms with van der Waals surface area (Å²) in [7, 11) is 0. The number of aromatic nitrogens is 5. The summed E-state index contributed by atoms with van der Waals surface area (Å²) in [5, 5.41) is 13.8. The van der Waals surface area contributed by atoms with Crippen molar-refractivity contribution in [2.75, 3.05) is 0 Å². The molecule has 0 spiro atoms. The van der Waals surface area contributed by atoms with Gasteiger partial charge in [-0.05, 0) is 55.7 Å². The van der Waals surface area contributed by atoms with Crippen LogP contribution < -0.4 is 0 Å². The number of aryl methyl sites for hydroxylation is 1. The average Bonchev–Trinajstić information content (AvgIpc) is 3.15. The minimum Gasteiger partial charge on any atom is -0.328 e. The topological polar surface area (TPSA) is 87.7 Å². The zero-order valence-corrected chi connectivity index (χ0v) is 15.0. The first kappa shape index (κ1) is 16.4. The number of nitrogens with zero attached hydrogens (tertiary/aromatic N) is 5. The molecule has 3 heterocycles. The van der Waals surface area contributed by atoms with Crippen LogP contribution >= 0.6 is 0 Å². The summed E-state index contributed by atoms with van der Waals surface area (Å²) in [5.74, 6) is 0.390. The second kappa shape index (κ2) is 6.01. The van der Waals surface area contributed by atoms with Gasteiger partial charge in [-0.3, -0.25) is 9.78 Å². The monoisotopic (exact) mass is 348 g/mol. The summed E-state index contributed by atoms with van der Waals surface area (Å²) in [4.78, 5) is 19.4. The number of rotatable bonds is 2. The van der Waals surface area contributed by atoms with Crippen LogP contribution in [0.4, 0.5) is 0 Å². The molecule has 4 rings (SSSR count). The normalized spacial score (nSPS) is 15.6. The number of tetrazole rings is 1. The number of H-pyrrole nitrogens is 1. The zero-order valence-electron chi connectivity index (χ0n) is 15.0. The minimum absolute atomic E-state index is 0.0678. The molecule has 1 aliphatic rings. The molecule has 0 saturated carbocycles. The van der Waals surface area contributed by atoms with Gasteiger partial charge in [-0.1, -0.05) is 23.8 Å². The Morgan fingerprint density at radius 1 is 1.19 bits per heavy atom. The highest BCUT2D eigenvalue weighted by Gasteiger charge is 2.36. The molecule has 3 aromatic rings. The first-order valence-corrected chi connectivity index (χ1v) is 8.54. The molecule has 0 aliphatic carbocycles. The van der Waals surface area contributed by atoms with Crippen molar-refractivity contribution in [3.63, 3.8) is 0 Å². The molecular formula is C19H20N6O. The molecule has 0 radical (unpaired) electrons. The Labute approximate surface area is 151 Å². The maximum Gasteiger partial charge on any atom is 0.273 e. The highest BCUT2D eigenvalue weighted by atomic mass is 16.2.